The molecule has 1 aromatic rings. The first-order valence-corrected chi connectivity index (χ1v) is 6.96. The van der Waals surface area contributed by atoms with Crippen LogP contribution >= 0.6 is 0 Å². The first-order chi connectivity index (χ1) is 8.24. The summed E-state index contributed by atoms with van der Waals surface area (Å²) in [6.07, 6.45) is 8.51. The predicted molar refractivity (Wildman–Crippen MR) is 71.1 cm³/mol. The van der Waals surface area contributed by atoms with Crippen molar-refractivity contribution in [3.05, 3.63) is 18.0 Å². The second-order valence-electron chi connectivity index (χ2n) is 5.33. The van der Waals surface area contributed by atoms with Crippen LogP contribution in [0.3, 0.4) is 0 Å². The second-order valence-corrected chi connectivity index (χ2v) is 5.33. The highest BCUT2D eigenvalue weighted by Crippen LogP contribution is 2.30. The molecule has 2 atom stereocenters. The highest BCUT2D eigenvalue weighted by molar-refractivity contribution is 5.03. The fraction of sp³-hybridized carbons (Fsp3) is 0.786. The molecular weight excluding hydrogens is 210 g/mol. The number of nitrogens with one attached hydrogen (secondary N) is 1. The van der Waals surface area contributed by atoms with Crippen molar-refractivity contribution in [3.63, 3.8) is 0 Å². The molecule has 3 nitrogen and oxygen atoms in total. The van der Waals surface area contributed by atoms with E-state index in [1.807, 2.05) is 0 Å². The van der Waals surface area contributed by atoms with Gasteiger partial charge in [0.25, 0.3) is 0 Å². The molecular formula is C14H25N3. The van der Waals surface area contributed by atoms with Gasteiger partial charge in [-0.3, -0.25) is 4.68 Å². The fourth-order valence-electron chi connectivity index (χ4n) is 2.49. The van der Waals surface area contributed by atoms with E-state index in [1.165, 1.54) is 25.0 Å². The van der Waals surface area contributed by atoms with Gasteiger partial charge in [0, 0.05) is 24.7 Å². The summed E-state index contributed by atoms with van der Waals surface area (Å²) >= 11 is 0. The van der Waals surface area contributed by atoms with E-state index in [1.54, 1.807) is 0 Å². The smallest absolute Gasteiger partial charge is 0.0640 e. The Morgan fingerprint density at radius 2 is 2.29 bits per heavy atom. The van der Waals surface area contributed by atoms with Crippen LogP contribution in [0.15, 0.2) is 12.3 Å². The minimum atomic E-state index is 0.514. The molecule has 0 spiro atoms. The van der Waals surface area contributed by atoms with E-state index in [4.69, 9.17) is 0 Å². The highest BCUT2D eigenvalue weighted by atomic mass is 15.3. The van der Waals surface area contributed by atoms with Gasteiger partial charge in [0.2, 0.25) is 0 Å². The van der Waals surface area contributed by atoms with Crippen LogP contribution in [0, 0.1) is 5.92 Å². The number of hydrogen-bond donors (Lipinski definition) is 1. The van der Waals surface area contributed by atoms with E-state index < -0.39 is 0 Å². The molecule has 2 rings (SSSR count). The topological polar surface area (TPSA) is 29.9 Å². The van der Waals surface area contributed by atoms with Gasteiger partial charge >= 0.3 is 0 Å². The maximum absolute atomic E-state index is 4.69. The van der Waals surface area contributed by atoms with Crippen LogP contribution in [0.2, 0.25) is 0 Å². The van der Waals surface area contributed by atoms with E-state index in [0.29, 0.717) is 12.1 Å². The zero-order valence-corrected chi connectivity index (χ0v) is 11.3. The minimum Gasteiger partial charge on any atom is -0.316 e. The average Bonchev–Trinajstić information content (AvgIpc) is 2.73. The summed E-state index contributed by atoms with van der Waals surface area (Å²) in [4.78, 5) is 0. The Labute approximate surface area is 105 Å². The monoisotopic (exact) mass is 235 g/mol. The summed E-state index contributed by atoms with van der Waals surface area (Å²) in [5, 5.41) is 8.14. The molecule has 1 aliphatic rings. The predicted octanol–water partition coefficient (Wildman–Crippen LogP) is 2.78. The lowest BCUT2D eigenvalue weighted by atomic mass is 9.78. The zero-order chi connectivity index (χ0) is 12.3. The van der Waals surface area contributed by atoms with Crippen LogP contribution in [0.1, 0.15) is 51.3 Å². The zero-order valence-electron chi connectivity index (χ0n) is 11.3. The maximum Gasteiger partial charge on any atom is 0.0640 e. The van der Waals surface area contributed by atoms with Gasteiger partial charge in [-0.2, -0.15) is 5.10 Å². The number of rotatable bonds is 6. The Morgan fingerprint density at radius 1 is 1.53 bits per heavy atom. The third-order valence-electron chi connectivity index (χ3n) is 4.22. The van der Waals surface area contributed by atoms with Crippen molar-refractivity contribution in [3.8, 4) is 0 Å². The summed E-state index contributed by atoms with van der Waals surface area (Å²) in [7, 11) is 2.08. The van der Waals surface area contributed by atoms with Gasteiger partial charge in [-0.05, 0) is 45.2 Å². The van der Waals surface area contributed by atoms with Gasteiger partial charge in [-0.1, -0.05) is 13.3 Å². The van der Waals surface area contributed by atoms with Crippen molar-refractivity contribution >= 4 is 0 Å². The van der Waals surface area contributed by atoms with Crippen molar-refractivity contribution in [1.82, 2.24) is 15.1 Å². The Balaban J connectivity index is 1.95. The number of nitrogens with zero attached hydrogens (tertiary/aromatic N) is 2. The van der Waals surface area contributed by atoms with E-state index in [2.05, 4.69) is 48.3 Å². The van der Waals surface area contributed by atoms with Crippen LogP contribution in [0.25, 0.3) is 0 Å². The van der Waals surface area contributed by atoms with Crippen LogP contribution in [-0.4, -0.2) is 22.9 Å². The minimum absolute atomic E-state index is 0.514. The average molecular weight is 235 g/mol. The van der Waals surface area contributed by atoms with Crippen LogP contribution in [-0.2, 0) is 6.42 Å². The summed E-state index contributed by atoms with van der Waals surface area (Å²) in [6, 6.07) is 3.30. The molecule has 3 heteroatoms. The van der Waals surface area contributed by atoms with Crippen molar-refractivity contribution in [2.24, 2.45) is 5.92 Å². The van der Waals surface area contributed by atoms with Crippen LogP contribution < -0.4 is 5.32 Å². The van der Waals surface area contributed by atoms with Crippen LogP contribution in [0.5, 0.6) is 0 Å². The maximum atomic E-state index is 4.69. The van der Waals surface area contributed by atoms with Gasteiger partial charge in [-0.15, -0.1) is 0 Å². The summed E-state index contributed by atoms with van der Waals surface area (Å²) in [5.74, 6) is 0.869. The van der Waals surface area contributed by atoms with Gasteiger partial charge in [0.15, 0.2) is 0 Å². The largest absolute Gasteiger partial charge is 0.316 e. The molecule has 2 unspecified atom stereocenters. The molecule has 0 bridgehead atoms. The van der Waals surface area contributed by atoms with Crippen molar-refractivity contribution in [2.75, 3.05) is 7.05 Å². The number of likely N-dealkylation sites (N-methyl/N-ethyl adjacent to an activating group) is 1. The second kappa shape index (κ2) is 5.67. The Kier molecular flexibility index (Phi) is 4.21. The summed E-state index contributed by atoms with van der Waals surface area (Å²) < 4.78 is 2.10. The molecule has 0 amide bonds. The van der Waals surface area contributed by atoms with Gasteiger partial charge in [0.05, 0.1) is 5.69 Å². The van der Waals surface area contributed by atoms with Crippen molar-refractivity contribution in [1.29, 1.82) is 0 Å². The van der Waals surface area contributed by atoms with Gasteiger partial charge in [-0.25, -0.2) is 0 Å². The Hall–Kier alpha value is -0.830. The standard InChI is InChI=1S/C14H25N3/c1-4-11(2)17-9-8-13(16-17)10-14(15-3)12-6-5-7-12/h8-9,11-12,14-15H,4-7,10H2,1-3H3. The van der Waals surface area contributed by atoms with Gasteiger partial charge in [0.1, 0.15) is 0 Å². The quantitative estimate of drug-likeness (QED) is 0.821. The molecule has 0 radical (unpaired) electrons. The van der Waals surface area contributed by atoms with Gasteiger partial charge < -0.3 is 5.32 Å². The first-order valence-electron chi connectivity index (χ1n) is 6.96. The molecule has 0 aliphatic heterocycles. The first kappa shape index (κ1) is 12.6. The molecule has 1 saturated carbocycles. The SMILES string of the molecule is CCC(C)n1ccc(CC(NC)C2CCC2)n1. The molecule has 96 valence electrons. The van der Waals surface area contributed by atoms with E-state index in [9.17, 15) is 0 Å². The van der Waals surface area contributed by atoms with Crippen molar-refractivity contribution < 1.29 is 0 Å². The molecule has 17 heavy (non-hydrogen) atoms. The summed E-state index contributed by atoms with van der Waals surface area (Å²) in [5.41, 5.74) is 1.23. The Bertz CT molecular complexity index is 341. The summed E-state index contributed by atoms with van der Waals surface area (Å²) in [6.45, 7) is 4.43. The van der Waals surface area contributed by atoms with E-state index in [-0.39, 0.29) is 0 Å². The van der Waals surface area contributed by atoms with E-state index >= 15 is 0 Å². The Morgan fingerprint density at radius 3 is 2.82 bits per heavy atom. The van der Waals surface area contributed by atoms with Crippen molar-refractivity contribution in [2.45, 2.75) is 58.0 Å². The van der Waals surface area contributed by atoms with Crippen LogP contribution in [0.4, 0.5) is 0 Å². The molecule has 0 aromatic carbocycles. The fourth-order valence-corrected chi connectivity index (χ4v) is 2.49. The molecule has 1 heterocycles. The normalized spacial score (nSPS) is 19.9. The highest BCUT2D eigenvalue weighted by Gasteiger charge is 2.26. The number of aromatic nitrogens is 2. The molecule has 0 saturated heterocycles. The molecule has 1 aromatic heterocycles. The number of hydrogen-bond acceptors (Lipinski definition) is 2. The molecule has 1 fully saturated rings. The lowest BCUT2D eigenvalue weighted by molar-refractivity contribution is 0.234. The lowest BCUT2D eigenvalue weighted by Crippen LogP contribution is -2.39. The third-order valence-corrected chi connectivity index (χ3v) is 4.22. The van der Waals surface area contributed by atoms with E-state index in [0.717, 1.165) is 18.8 Å². The lowest BCUT2D eigenvalue weighted by Gasteiger charge is -2.33. The molecule has 1 N–H and O–H groups in total. The third kappa shape index (κ3) is 2.89. The molecule has 1 aliphatic carbocycles.